The molecule has 0 spiro atoms. The van der Waals surface area contributed by atoms with Crippen LogP contribution in [0.5, 0.6) is 0 Å². The van der Waals surface area contributed by atoms with Crippen LogP contribution in [0.1, 0.15) is 21.9 Å². The van der Waals surface area contributed by atoms with Gasteiger partial charge in [-0.1, -0.05) is 0 Å². The Morgan fingerprint density at radius 1 is 1.25 bits per heavy atom. The minimum atomic E-state index is -5.80. The summed E-state index contributed by atoms with van der Waals surface area (Å²) in [6, 6.07) is 1.48. The molecule has 0 bridgehead atoms. The van der Waals surface area contributed by atoms with E-state index in [1.165, 1.54) is 6.92 Å². The predicted octanol–water partition coefficient (Wildman–Crippen LogP) is 3.07. The zero-order valence-corrected chi connectivity index (χ0v) is 10.4. The van der Waals surface area contributed by atoms with Crippen LogP contribution in [0.4, 0.5) is 22.0 Å². The number of rotatable bonds is 2. The van der Waals surface area contributed by atoms with E-state index in [0.717, 1.165) is 6.07 Å². The number of hydrogen-bond donors (Lipinski definition) is 0. The highest BCUT2D eigenvalue weighted by Crippen LogP contribution is 2.43. The van der Waals surface area contributed by atoms with Gasteiger partial charge in [0.2, 0.25) is 0 Å². The van der Waals surface area contributed by atoms with E-state index in [1.807, 2.05) is 0 Å². The first-order valence-electron chi connectivity index (χ1n) is 5.06. The molecule has 20 heavy (non-hydrogen) atoms. The summed E-state index contributed by atoms with van der Waals surface area (Å²) in [4.78, 5) is 14.6. The lowest BCUT2D eigenvalue weighted by Crippen LogP contribution is -2.36. The first-order chi connectivity index (χ1) is 9.04. The Labute approximate surface area is 113 Å². The van der Waals surface area contributed by atoms with Crippen LogP contribution >= 0.6 is 11.6 Å². The van der Waals surface area contributed by atoms with Crippen LogP contribution in [0.3, 0.4) is 0 Å². The standard InChI is InChI=1S/C10H5ClF5N3O/c1-4-2-6(9(12,13)10(14,15)16)19-7(17-4)3-5(18-19)8(11)20/h2-3H,1H3. The van der Waals surface area contributed by atoms with Gasteiger partial charge in [0, 0.05) is 11.8 Å². The number of nitrogens with zero attached hydrogens (tertiary/aromatic N) is 3. The molecule has 0 aliphatic heterocycles. The van der Waals surface area contributed by atoms with E-state index in [1.54, 1.807) is 0 Å². The van der Waals surface area contributed by atoms with Crippen LogP contribution in [-0.2, 0) is 5.92 Å². The first-order valence-corrected chi connectivity index (χ1v) is 5.44. The Hall–Kier alpha value is -1.77. The van der Waals surface area contributed by atoms with Crippen molar-refractivity contribution in [2.24, 2.45) is 0 Å². The third kappa shape index (κ3) is 2.21. The van der Waals surface area contributed by atoms with Crippen LogP contribution in [0, 0.1) is 6.92 Å². The summed E-state index contributed by atoms with van der Waals surface area (Å²) < 4.78 is 64.5. The van der Waals surface area contributed by atoms with E-state index in [-0.39, 0.29) is 15.9 Å². The number of carbonyl (C=O) groups is 1. The molecule has 2 heterocycles. The van der Waals surface area contributed by atoms with E-state index >= 15 is 0 Å². The van der Waals surface area contributed by atoms with Gasteiger partial charge in [-0.15, -0.1) is 0 Å². The second-order valence-electron chi connectivity index (χ2n) is 3.93. The first kappa shape index (κ1) is 14.6. The van der Waals surface area contributed by atoms with Crippen molar-refractivity contribution in [2.75, 3.05) is 0 Å². The average Bonchev–Trinajstić information content (AvgIpc) is 2.69. The van der Waals surface area contributed by atoms with E-state index in [4.69, 9.17) is 11.6 Å². The molecule has 108 valence electrons. The molecule has 0 aliphatic rings. The summed E-state index contributed by atoms with van der Waals surface area (Å²) in [6.45, 7) is 1.24. The number of carbonyl (C=O) groups excluding carboxylic acids is 1. The molecule has 4 nitrogen and oxygen atoms in total. The second kappa shape index (κ2) is 4.37. The van der Waals surface area contributed by atoms with Gasteiger partial charge in [0.1, 0.15) is 11.4 Å². The maximum Gasteiger partial charge on any atom is 0.459 e. The Kier molecular flexibility index (Phi) is 3.20. The van der Waals surface area contributed by atoms with Crippen molar-refractivity contribution in [3.8, 4) is 0 Å². The minimum Gasteiger partial charge on any atom is -0.274 e. The van der Waals surface area contributed by atoms with Crippen molar-refractivity contribution in [1.82, 2.24) is 14.6 Å². The molecule has 10 heteroatoms. The molecule has 0 radical (unpaired) electrons. The van der Waals surface area contributed by atoms with Crippen molar-refractivity contribution in [3.63, 3.8) is 0 Å². The van der Waals surface area contributed by atoms with Crippen LogP contribution in [-0.4, -0.2) is 26.0 Å². The lowest BCUT2D eigenvalue weighted by molar-refractivity contribution is -0.291. The third-order valence-electron chi connectivity index (χ3n) is 2.43. The molecule has 0 N–H and O–H groups in total. The van der Waals surface area contributed by atoms with Crippen molar-refractivity contribution >= 4 is 22.5 Å². The third-order valence-corrected chi connectivity index (χ3v) is 2.63. The van der Waals surface area contributed by atoms with Gasteiger partial charge in [0.15, 0.2) is 5.65 Å². The highest BCUT2D eigenvalue weighted by atomic mass is 35.5. The van der Waals surface area contributed by atoms with Crippen molar-refractivity contribution in [1.29, 1.82) is 0 Å². The van der Waals surface area contributed by atoms with Gasteiger partial charge >= 0.3 is 12.1 Å². The maximum absolute atomic E-state index is 13.5. The van der Waals surface area contributed by atoms with Gasteiger partial charge in [0.25, 0.3) is 5.24 Å². The number of hydrogen-bond acceptors (Lipinski definition) is 3. The largest absolute Gasteiger partial charge is 0.459 e. The molecule has 0 saturated carbocycles. The molecule has 2 aromatic heterocycles. The monoisotopic (exact) mass is 313 g/mol. The fraction of sp³-hybridized carbons (Fsp3) is 0.300. The molecular formula is C10H5ClF5N3O. The molecular weight excluding hydrogens is 309 g/mol. The Morgan fingerprint density at radius 2 is 1.85 bits per heavy atom. The molecule has 0 aromatic carbocycles. The Bertz CT molecular complexity index is 694. The molecule has 2 rings (SSSR count). The fourth-order valence-corrected chi connectivity index (χ4v) is 1.66. The van der Waals surface area contributed by atoms with Crippen molar-refractivity contribution in [2.45, 2.75) is 19.0 Å². The SMILES string of the molecule is Cc1cc(C(F)(F)C(F)(F)F)n2nc(C(=O)Cl)cc2n1. The van der Waals surface area contributed by atoms with E-state index < -0.39 is 28.7 Å². The zero-order chi connectivity index (χ0) is 15.3. The molecule has 0 saturated heterocycles. The minimum absolute atomic E-state index is 0.0788. The summed E-state index contributed by atoms with van der Waals surface area (Å²) in [5, 5.41) is 2.24. The molecule has 0 amide bonds. The average molecular weight is 314 g/mol. The summed E-state index contributed by atoms with van der Waals surface area (Å²) in [5.41, 5.74) is -2.31. The van der Waals surface area contributed by atoms with E-state index in [0.29, 0.717) is 6.07 Å². The van der Waals surface area contributed by atoms with Crippen molar-refractivity contribution in [3.05, 3.63) is 29.2 Å². The molecule has 0 fully saturated rings. The number of fused-ring (bicyclic) bond motifs is 1. The Balaban J connectivity index is 2.79. The van der Waals surface area contributed by atoms with Crippen LogP contribution in [0.15, 0.2) is 12.1 Å². The van der Waals surface area contributed by atoms with Gasteiger partial charge in [-0.2, -0.15) is 27.1 Å². The number of halogens is 6. The van der Waals surface area contributed by atoms with Gasteiger partial charge in [-0.05, 0) is 24.6 Å². The van der Waals surface area contributed by atoms with Gasteiger partial charge in [-0.3, -0.25) is 4.79 Å². The van der Waals surface area contributed by atoms with E-state index in [9.17, 15) is 26.7 Å². The zero-order valence-electron chi connectivity index (χ0n) is 9.67. The van der Waals surface area contributed by atoms with Gasteiger partial charge < -0.3 is 0 Å². The lowest BCUT2D eigenvalue weighted by Gasteiger charge is -2.20. The second-order valence-corrected chi connectivity index (χ2v) is 4.27. The topological polar surface area (TPSA) is 47.3 Å². The number of alkyl halides is 5. The van der Waals surface area contributed by atoms with Crippen molar-refractivity contribution < 1.29 is 26.7 Å². The highest BCUT2D eigenvalue weighted by molar-refractivity contribution is 6.67. The maximum atomic E-state index is 13.5. The van der Waals surface area contributed by atoms with Crippen LogP contribution in [0.2, 0.25) is 0 Å². The normalized spacial score (nSPS) is 12.9. The number of aromatic nitrogens is 3. The molecule has 2 aromatic rings. The molecule has 0 unspecified atom stereocenters. The molecule has 0 aliphatic carbocycles. The quantitative estimate of drug-likeness (QED) is 0.632. The summed E-state index contributed by atoms with van der Waals surface area (Å²) in [5.74, 6) is -5.14. The predicted molar refractivity (Wildman–Crippen MR) is 57.9 cm³/mol. The summed E-state index contributed by atoms with van der Waals surface area (Å²) in [7, 11) is 0. The molecule has 0 atom stereocenters. The highest BCUT2D eigenvalue weighted by Gasteiger charge is 2.60. The summed E-state index contributed by atoms with van der Waals surface area (Å²) >= 11 is 5.12. The van der Waals surface area contributed by atoms with E-state index in [2.05, 4.69) is 10.1 Å². The Morgan fingerprint density at radius 3 is 2.35 bits per heavy atom. The van der Waals surface area contributed by atoms with Crippen LogP contribution in [0.25, 0.3) is 5.65 Å². The van der Waals surface area contributed by atoms with Crippen LogP contribution < -0.4 is 0 Å². The van der Waals surface area contributed by atoms with Gasteiger partial charge in [0.05, 0.1) is 0 Å². The number of aryl methyl sites for hydroxylation is 1. The smallest absolute Gasteiger partial charge is 0.274 e. The van der Waals surface area contributed by atoms with Gasteiger partial charge in [-0.25, -0.2) is 9.50 Å². The fourth-order valence-electron chi connectivity index (χ4n) is 1.57. The summed E-state index contributed by atoms with van der Waals surface area (Å²) in [6.07, 6.45) is -5.80. The lowest BCUT2D eigenvalue weighted by atomic mass is 10.2.